The highest BCUT2D eigenvalue weighted by Crippen LogP contribution is 2.55. The van der Waals surface area contributed by atoms with Crippen LogP contribution in [0, 0.1) is 11.8 Å². The topological polar surface area (TPSA) is 26.0 Å². The van der Waals surface area contributed by atoms with Crippen molar-refractivity contribution < 1.29 is 0 Å². The fourth-order valence-corrected chi connectivity index (χ4v) is 5.90. The van der Waals surface area contributed by atoms with E-state index < -0.39 is 0 Å². The number of hydrogen-bond donors (Lipinski definition) is 1. The second-order valence-electron chi connectivity index (χ2n) is 4.45. The van der Waals surface area contributed by atoms with Crippen molar-refractivity contribution in [1.29, 1.82) is 0 Å². The molecule has 0 aromatic heterocycles. The molecule has 1 aliphatic heterocycles. The van der Waals surface area contributed by atoms with Crippen molar-refractivity contribution in [2.24, 2.45) is 17.6 Å². The minimum atomic E-state index is 0.782. The maximum atomic E-state index is 5.99. The van der Waals surface area contributed by atoms with E-state index in [1.165, 1.54) is 32.1 Å². The van der Waals surface area contributed by atoms with Gasteiger partial charge in [-0.15, -0.1) is 0 Å². The van der Waals surface area contributed by atoms with Crippen LogP contribution in [0.1, 0.15) is 32.1 Å². The predicted octanol–water partition coefficient (Wildman–Crippen LogP) is 3.13. The van der Waals surface area contributed by atoms with E-state index in [4.69, 9.17) is 5.73 Å². The van der Waals surface area contributed by atoms with Gasteiger partial charge in [0.15, 0.2) is 0 Å². The van der Waals surface area contributed by atoms with E-state index in [0.717, 1.165) is 22.1 Å². The lowest BCUT2D eigenvalue weighted by Crippen LogP contribution is -2.24. The maximum absolute atomic E-state index is 5.99. The zero-order valence-electron chi connectivity index (χ0n) is 7.66. The molecule has 3 unspecified atom stereocenters. The van der Waals surface area contributed by atoms with Crippen LogP contribution in [0.2, 0.25) is 0 Å². The Morgan fingerprint density at radius 3 is 3.00 bits per heavy atom. The standard InChI is InChI=1S/C10H15NS2/c11-10-8-4-6-2-1-3-7(6)5-9(8)12-13-10/h6-7,9H,1-5,11H2. The Morgan fingerprint density at radius 2 is 2.08 bits per heavy atom. The smallest absolute Gasteiger partial charge is 0.0767 e. The normalized spacial score (nSPS) is 43.5. The van der Waals surface area contributed by atoms with Crippen molar-refractivity contribution in [2.75, 3.05) is 0 Å². The Balaban J connectivity index is 1.85. The number of hydrogen-bond acceptors (Lipinski definition) is 3. The largest absolute Gasteiger partial charge is 0.393 e. The molecule has 2 N–H and O–H groups in total. The van der Waals surface area contributed by atoms with Gasteiger partial charge in [-0.3, -0.25) is 0 Å². The molecule has 0 spiro atoms. The Kier molecular flexibility index (Phi) is 2.05. The van der Waals surface area contributed by atoms with Gasteiger partial charge >= 0.3 is 0 Å². The maximum Gasteiger partial charge on any atom is 0.0767 e. The molecular formula is C10H15NS2. The van der Waals surface area contributed by atoms with Gasteiger partial charge in [-0.1, -0.05) is 23.6 Å². The van der Waals surface area contributed by atoms with Crippen LogP contribution in [0.3, 0.4) is 0 Å². The second kappa shape index (κ2) is 3.13. The molecule has 0 aromatic rings. The van der Waals surface area contributed by atoms with Crippen molar-refractivity contribution >= 4 is 21.6 Å². The summed E-state index contributed by atoms with van der Waals surface area (Å²) in [4.78, 5) is 0. The van der Waals surface area contributed by atoms with Gasteiger partial charge in [0.25, 0.3) is 0 Å². The summed E-state index contributed by atoms with van der Waals surface area (Å²) in [7, 11) is 3.82. The minimum absolute atomic E-state index is 0.782. The lowest BCUT2D eigenvalue weighted by atomic mass is 9.79. The van der Waals surface area contributed by atoms with Gasteiger partial charge in [0.1, 0.15) is 0 Å². The molecule has 1 heterocycles. The first-order valence-corrected chi connectivity index (χ1v) is 7.37. The zero-order valence-corrected chi connectivity index (χ0v) is 9.29. The van der Waals surface area contributed by atoms with E-state index in [9.17, 15) is 0 Å². The molecular weight excluding hydrogens is 198 g/mol. The number of rotatable bonds is 0. The van der Waals surface area contributed by atoms with Crippen molar-refractivity contribution in [3.8, 4) is 0 Å². The summed E-state index contributed by atoms with van der Waals surface area (Å²) in [6.07, 6.45) is 7.15. The van der Waals surface area contributed by atoms with E-state index >= 15 is 0 Å². The van der Waals surface area contributed by atoms with Gasteiger partial charge in [-0.25, -0.2) is 0 Å². The van der Waals surface area contributed by atoms with Gasteiger partial charge in [0.05, 0.1) is 5.03 Å². The third-order valence-corrected chi connectivity index (χ3v) is 6.55. The fourth-order valence-electron chi connectivity index (χ4n) is 3.04. The van der Waals surface area contributed by atoms with Gasteiger partial charge in [-0.05, 0) is 47.5 Å². The molecule has 72 valence electrons. The number of nitrogens with two attached hydrogens (primary N) is 1. The average molecular weight is 213 g/mol. The van der Waals surface area contributed by atoms with Gasteiger partial charge in [0.2, 0.25) is 0 Å². The summed E-state index contributed by atoms with van der Waals surface area (Å²) >= 11 is 0. The lowest BCUT2D eigenvalue weighted by Gasteiger charge is -2.30. The summed E-state index contributed by atoms with van der Waals surface area (Å²) in [5.41, 5.74) is 7.59. The minimum Gasteiger partial charge on any atom is -0.393 e. The molecule has 0 amide bonds. The molecule has 2 saturated carbocycles. The summed E-state index contributed by atoms with van der Waals surface area (Å²) in [6, 6.07) is 0. The van der Waals surface area contributed by atoms with Crippen LogP contribution in [0.5, 0.6) is 0 Å². The van der Waals surface area contributed by atoms with E-state index in [0.29, 0.717) is 0 Å². The van der Waals surface area contributed by atoms with Crippen LogP contribution in [0.15, 0.2) is 10.6 Å². The highest BCUT2D eigenvalue weighted by Gasteiger charge is 2.40. The molecule has 0 saturated heterocycles. The molecule has 3 rings (SSSR count). The molecule has 1 nitrogen and oxygen atoms in total. The molecule has 0 aromatic carbocycles. The van der Waals surface area contributed by atoms with Crippen molar-refractivity contribution in [3.63, 3.8) is 0 Å². The predicted molar refractivity (Wildman–Crippen MR) is 60.2 cm³/mol. The molecule has 3 heteroatoms. The quantitative estimate of drug-likeness (QED) is 0.626. The lowest BCUT2D eigenvalue weighted by molar-refractivity contribution is 0.328. The van der Waals surface area contributed by atoms with Crippen LogP contribution in [-0.2, 0) is 0 Å². The Bertz CT molecular complexity index is 262. The van der Waals surface area contributed by atoms with Crippen molar-refractivity contribution in [2.45, 2.75) is 37.4 Å². The van der Waals surface area contributed by atoms with E-state index in [1.807, 2.05) is 21.6 Å². The van der Waals surface area contributed by atoms with Crippen LogP contribution < -0.4 is 5.73 Å². The SMILES string of the molecule is NC1=C2CC3CCCC3CC2SS1. The molecule has 3 atom stereocenters. The Labute approximate surface area is 87.3 Å². The fraction of sp³-hybridized carbons (Fsp3) is 0.800. The third kappa shape index (κ3) is 1.32. The Hall–Kier alpha value is 0.240. The van der Waals surface area contributed by atoms with Crippen LogP contribution >= 0.6 is 21.6 Å². The molecule has 3 aliphatic rings. The summed E-state index contributed by atoms with van der Waals surface area (Å²) in [5, 5.41) is 1.92. The zero-order chi connectivity index (χ0) is 8.84. The van der Waals surface area contributed by atoms with Crippen LogP contribution in [0.4, 0.5) is 0 Å². The van der Waals surface area contributed by atoms with Crippen molar-refractivity contribution in [3.05, 3.63) is 10.6 Å². The first kappa shape index (κ1) is 8.54. The second-order valence-corrected chi connectivity index (χ2v) is 6.89. The molecule has 2 aliphatic carbocycles. The van der Waals surface area contributed by atoms with Gasteiger partial charge in [-0.2, -0.15) is 0 Å². The van der Waals surface area contributed by atoms with Crippen LogP contribution in [-0.4, -0.2) is 5.25 Å². The number of fused-ring (bicyclic) bond motifs is 2. The molecule has 0 radical (unpaired) electrons. The third-order valence-electron chi connectivity index (χ3n) is 3.77. The Morgan fingerprint density at radius 1 is 1.23 bits per heavy atom. The monoisotopic (exact) mass is 213 g/mol. The van der Waals surface area contributed by atoms with Crippen LogP contribution in [0.25, 0.3) is 0 Å². The van der Waals surface area contributed by atoms with E-state index in [-0.39, 0.29) is 0 Å². The molecule has 13 heavy (non-hydrogen) atoms. The summed E-state index contributed by atoms with van der Waals surface area (Å²) in [5.74, 6) is 2.02. The van der Waals surface area contributed by atoms with E-state index in [1.54, 1.807) is 5.57 Å². The highest BCUT2D eigenvalue weighted by atomic mass is 33.1. The molecule has 2 fully saturated rings. The summed E-state index contributed by atoms with van der Waals surface area (Å²) in [6.45, 7) is 0. The van der Waals surface area contributed by atoms with E-state index in [2.05, 4.69) is 0 Å². The van der Waals surface area contributed by atoms with Gasteiger partial charge in [0, 0.05) is 5.25 Å². The van der Waals surface area contributed by atoms with Gasteiger partial charge < -0.3 is 5.73 Å². The van der Waals surface area contributed by atoms with Crippen molar-refractivity contribution in [1.82, 2.24) is 0 Å². The summed E-state index contributed by atoms with van der Waals surface area (Å²) < 4.78 is 0. The average Bonchev–Trinajstić information content (AvgIpc) is 2.70. The first-order valence-electron chi connectivity index (χ1n) is 5.16. The first-order chi connectivity index (χ1) is 6.34. The molecule has 0 bridgehead atoms. The highest BCUT2D eigenvalue weighted by molar-refractivity contribution is 8.78.